The van der Waals surface area contributed by atoms with Crippen molar-refractivity contribution in [3.63, 3.8) is 0 Å². The smallest absolute Gasteiger partial charge is 0.219 e. The van der Waals surface area contributed by atoms with Crippen LogP contribution >= 0.6 is 0 Å². The Kier molecular flexibility index (Phi) is 2.14. The summed E-state index contributed by atoms with van der Waals surface area (Å²) in [6, 6.07) is 0.515. The van der Waals surface area contributed by atoms with Crippen molar-refractivity contribution in [2.45, 2.75) is 39.2 Å². The molecule has 0 spiro atoms. The molecular formula is C11H17NO. The minimum absolute atomic E-state index is 0.250. The van der Waals surface area contributed by atoms with Gasteiger partial charge in [0.05, 0.1) is 0 Å². The van der Waals surface area contributed by atoms with Crippen molar-refractivity contribution in [3.8, 4) is 0 Å². The summed E-state index contributed by atoms with van der Waals surface area (Å²) in [6.45, 7) is 4.87. The Labute approximate surface area is 79.6 Å². The number of nitrogens with zero attached hydrogens (tertiary/aromatic N) is 1. The molecule has 1 aliphatic heterocycles. The number of fused-ring (bicyclic) bond motifs is 1. The predicted molar refractivity (Wildman–Crippen MR) is 52.3 cm³/mol. The number of likely N-dealkylation sites (tertiary alicyclic amines) is 1. The van der Waals surface area contributed by atoms with Crippen LogP contribution in [0.15, 0.2) is 11.6 Å². The molecule has 2 nitrogen and oxygen atoms in total. The van der Waals surface area contributed by atoms with E-state index in [9.17, 15) is 4.79 Å². The maximum absolute atomic E-state index is 11.3. The van der Waals surface area contributed by atoms with Crippen molar-refractivity contribution >= 4 is 5.91 Å². The number of carbonyl (C=O) groups excluding carboxylic acids is 1. The second-order valence-electron chi connectivity index (χ2n) is 4.32. The molecule has 1 fully saturated rings. The van der Waals surface area contributed by atoms with Gasteiger partial charge >= 0.3 is 0 Å². The summed E-state index contributed by atoms with van der Waals surface area (Å²) in [4.78, 5) is 13.3. The fraction of sp³-hybridized carbons (Fsp3) is 0.727. The Bertz CT molecular complexity index is 257. The van der Waals surface area contributed by atoms with E-state index in [1.807, 2.05) is 4.90 Å². The third-order valence-electron chi connectivity index (χ3n) is 3.38. The van der Waals surface area contributed by atoms with Crippen LogP contribution in [0.4, 0.5) is 0 Å². The molecule has 2 aliphatic rings. The lowest BCUT2D eigenvalue weighted by atomic mass is 9.86. The molecule has 0 N–H and O–H groups in total. The molecule has 72 valence electrons. The Morgan fingerprint density at radius 3 is 3.08 bits per heavy atom. The molecule has 2 atom stereocenters. The van der Waals surface area contributed by atoms with Crippen molar-refractivity contribution in [1.29, 1.82) is 0 Å². The Morgan fingerprint density at radius 1 is 1.62 bits per heavy atom. The zero-order valence-corrected chi connectivity index (χ0v) is 8.42. The van der Waals surface area contributed by atoms with Gasteiger partial charge in [-0.25, -0.2) is 0 Å². The molecule has 0 saturated carbocycles. The number of hydrogen-bond donors (Lipinski definition) is 0. The first-order valence-corrected chi connectivity index (χ1v) is 5.11. The van der Waals surface area contributed by atoms with Gasteiger partial charge in [0, 0.05) is 19.5 Å². The highest BCUT2D eigenvalue weighted by Crippen LogP contribution is 2.35. The average Bonchev–Trinajstić information content (AvgIpc) is 2.46. The van der Waals surface area contributed by atoms with Crippen LogP contribution in [0.25, 0.3) is 0 Å². The van der Waals surface area contributed by atoms with E-state index in [0.29, 0.717) is 6.04 Å². The summed E-state index contributed by atoms with van der Waals surface area (Å²) in [7, 11) is 0. The van der Waals surface area contributed by atoms with Gasteiger partial charge in [-0.15, -0.1) is 0 Å². The van der Waals surface area contributed by atoms with E-state index >= 15 is 0 Å². The third-order valence-corrected chi connectivity index (χ3v) is 3.38. The molecule has 1 amide bonds. The standard InChI is InChI=1S/C11H17NO/c1-8-3-4-11-10(7-8)5-6-12(11)9(2)13/h3,10-11H,4-7H2,1-2H3/t10-,11-/m0/s1. The molecule has 0 bridgehead atoms. The highest BCUT2D eigenvalue weighted by atomic mass is 16.2. The van der Waals surface area contributed by atoms with Crippen LogP contribution in [0, 0.1) is 5.92 Å². The molecule has 1 aliphatic carbocycles. The molecule has 0 aromatic carbocycles. The van der Waals surface area contributed by atoms with Crippen molar-refractivity contribution in [1.82, 2.24) is 4.90 Å². The maximum Gasteiger partial charge on any atom is 0.219 e. The van der Waals surface area contributed by atoms with Crippen LogP contribution in [0.1, 0.15) is 33.1 Å². The van der Waals surface area contributed by atoms with E-state index in [4.69, 9.17) is 0 Å². The summed E-state index contributed by atoms with van der Waals surface area (Å²) in [5.41, 5.74) is 1.51. The summed E-state index contributed by atoms with van der Waals surface area (Å²) < 4.78 is 0. The predicted octanol–water partition coefficient (Wildman–Crippen LogP) is 1.96. The molecule has 0 aromatic heterocycles. The average molecular weight is 179 g/mol. The van der Waals surface area contributed by atoms with Crippen LogP contribution < -0.4 is 0 Å². The highest BCUT2D eigenvalue weighted by Gasteiger charge is 2.36. The van der Waals surface area contributed by atoms with E-state index in [1.54, 1.807) is 6.92 Å². The fourth-order valence-corrected chi connectivity index (χ4v) is 2.69. The minimum Gasteiger partial charge on any atom is -0.339 e. The highest BCUT2D eigenvalue weighted by molar-refractivity contribution is 5.74. The lowest BCUT2D eigenvalue weighted by Gasteiger charge is -2.29. The van der Waals surface area contributed by atoms with Crippen LogP contribution in [0.2, 0.25) is 0 Å². The number of carbonyl (C=O) groups is 1. The van der Waals surface area contributed by atoms with Gasteiger partial charge in [-0.2, -0.15) is 0 Å². The summed E-state index contributed by atoms with van der Waals surface area (Å²) in [5.74, 6) is 0.995. The monoisotopic (exact) mass is 179 g/mol. The SMILES string of the molecule is CC(=O)N1CC[C@H]2CC(C)=CC[C@@H]21. The Morgan fingerprint density at radius 2 is 2.38 bits per heavy atom. The largest absolute Gasteiger partial charge is 0.339 e. The van der Waals surface area contributed by atoms with Gasteiger partial charge in [-0.05, 0) is 32.1 Å². The van der Waals surface area contributed by atoms with Crippen molar-refractivity contribution in [2.24, 2.45) is 5.92 Å². The van der Waals surface area contributed by atoms with E-state index in [-0.39, 0.29) is 5.91 Å². The van der Waals surface area contributed by atoms with Gasteiger partial charge in [0.2, 0.25) is 5.91 Å². The number of amides is 1. The first-order chi connectivity index (χ1) is 6.18. The summed E-state index contributed by atoms with van der Waals surface area (Å²) >= 11 is 0. The van der Waals surface area contributed by atoms with Crippen LogP contribution in [0.3, 0.4) is 0 Å². The van der Waals surface area contributed by atoms with Gasteiger partial charge in [0.25, 0.3) is 0 Å². The zero-order chi connectivity index (χ0) is 9.42. The van der Waals surface area contributed by atoms with Gasteiger partial charge in [-0.1, -0.05) is 11.6 Å². The second kappa shape index (κ2) is 3.17. The molecule has 2 heteroatoms. The first kappa shape index (κ1) is 8.79. The van der Waals surface area contributed by atoms with Crippen molar-refractivity contribution in [3.05, 3.63) is 11.6 Å². The zero-order valence-electron chi connectivity index (χ0n) is 8.42. The van der Waals surface area contributed by atoms with Gasteiger partial charge in [0.1, 0.15) is 0 Å². The molecule has 1 saturated heterocycles. The second-order valence-corrected chi connectivity index (χ2v) is 4.32. The molecule has 2 rings (SSSR count). The number of rotatable bonds is 0. The molecular weight excluding hydrogens is 162 g/mol. The summed E-state index contributed by atoms with van der Waals surface area (Å²) in [5, 5.41) is 0. The maximum atomic E-state index is 11.3. The van der Waals surface area contributed by atoms with Crippen molar-refractivity contribution < 1.29 is 4.79 Å². The lowest BCUT2D eigenvalue weighted by Crippen LogP contribution is -2.37. The first-order valence-electron chi connectivity index (χ1n) is 5.11. The van der Waals surface area contributed by atoms with Crippen molar-refractivity contribution in [2.75, 3.05) is 6.54 Å². The van der Waals surface area contributed by atoms with E-state index in [1.165, 1.54) is 18.4 Å². The normalized spacial score (nSPS) is 32.8. The van der Waals surface area contributed by atoms with Gasteiger partial charge < -0.3 is 4.90 Å². The number of allylic oxidation sites excluding steroid dienone is 1. The van der Waals surface area contributed by atoms with Gasteiger partial charge in [0.15, 0.2) is 0 Å². The molecule has 1 heterocycles. The van der Waals surface area contributed by atoms with Crippen LogP contribution in [0.5, 0.6) is 0 Å². The molecule has 13 heavy (non-hydrogen) atoms. The fourth-order valence-electron chi connectivity index (χ4n) is 2.69. The molecule has 0 aromatic rings. The third kappa shape index (κ3) is 1.50. The molecule has 0 unspecified atom stereocenters. The minimum atomic E-state index is 0.250. The Balaban J connectivity index is 2.12. The van der Waals surface area contributed by atoms with E-state index in [2.05, 4.69) is 13.0 Å². The number of hydrogen-bond acceptors (Lipinski definition) is 1. The Hall–Kier alpha value is -0.790. The van der Waals surface area contributed by atoms with Crippen LogP contribution in [-0.4, -0.2) is 23.4 Å². The topological polar surface area (TPSA) is 20.3 Å². The lowest BCUT2D eigenvalue weighted by molar-refractivity contribution is -0.129. The van der Waals surface area contributed by atoms with E-state index < -0.39 is 0 Å². The van der Waals surface area contributed by atoms with Crippen LogP contribution in [-0.2, 0) is 4.79 Å². The van der Waals surface area contributed by atoms with Gasteiger partial charge in [-0.3, -0.25) is 4.79 Å². The molecule has 0 radical (unpaired) electrons. The van der Waals surface area contributed by atoms with E-state index in [0.717, 1.165) is 18.9 Å². The summed E-state index contributed by atoms with van der Waals surface area (Å²) in [6.07, 6.45) is 5.78. The quantitative estimate of drug-likeness (QED) is 0.520.